The van der Waals surface area contributed by atoms with Crippen LogP contribution in [0.3, 0.4) is 0 Å². The third-order valence-electron chi connectivity index (χ3n) is 3.17. The summed E-state index contributed by atoms with van der Waals surface area (Å²) in [4.78, 5) is 27.8. The number of carbonyl (C=O) groups excluding carboxylic acids is 2. The highest BCUT2D eigenvalue weighted by atomic mass is 16.6. The molecule has 0 aliphatic heterocycles. The number of nitrogens with one attached hydrogen (secondary N) is 1. The van der Waals surface area contributed by atoms with E-state index in [0.29, 0.717) is 11.6 Å². The molecule has 1 rings (SSSR count). The molecule has 0 radical (unpaired) electrons. The van der Waals surface area contributed by atoms with E-state index >= 15 is 0 Å². The number of hydrogen-bond acceptors (Lipinski definition) is 5. The summed E-state index contributed by atoms with van der Waals surface area (Å²) >= 11 is 0. The fraction of sp³-hybridized carbons (Fsp3) is 0.562. The largest absolute Gasteiger partial charge is 0.467 e. The second-order valence-electron chi connectivity index (χ2n) is 5.67. The van der Waals surface area contributed by atoms with Crippen molar-refractivity contribution < 1.29 is 19.1 Å². The molecule has 1 atom stereocenters. The average Bonchev–Trinajstić information content (AvgIpc) is 2.49. The number of esters is 1. The second kappa shape index (κ2) is 8.36. The molecule has 0 aromatic carbocycles. The van der Waals surface area contributed by atoms with Crippen molar-refractivity contribution in [3.63, 3.8) is 0 Å². The standard InChI is InChI=1S/C16H24N2O4/c1-10(2)13-8-6-7-12(17-13)9-22-16(20)18-14(11(3)4)15(19)21-5/h6-8,10-11,14H,9H2,1-5H3,(H,18,20)/t14-/m0/s1. The van der Waals surface area contributed by atoms with Gasteiger partial charge >= 0.3 is 12.1 Å². The van der Waals surface area contributed by atoms with Gasteiger partial charge in [0.05, 0.1) is 12.8 Å². The number of pyridine rings is 1. The molecular weight excluding hydrogens is 284 g/mol. The van der Waals surface area contributed by atoms with Gasteiger partial charge in [-0.25, -0.2) is 9.59 Å². The van der Waals surface area contributed by atoms with Gasteiger partial charge in [0.2, 0.25) is 0 Å². The Morgan fingerprint density at radius 3 is 2.45 bits per heavy atom. The van der Waals surface area contributed by atoms with E-state index in [1.165, 1.54) is 7.11 Å². The fourth-order valence-corrected chi connectivity index (χ4v) is 1.83. The molecular formula is C16H24N2O4. The minimum absolute atomic E-state index is 0.0539. The molecule has 0 saturated heterocycles. The minimum Gasteiger partial charge on any atom is -0.467 e. The predicted molar refractivity (Wildman–Crippen MR) is 82.3 cm³/mol. The Labute approximate surface area is 131 Å². The lowest BCUT2D eigenvalue weighted by Crippen LogP contribution is -2.45. The molecule has 1 aromatic rings. The van der Waals surface area contributed by atoms with Crippen LogP contribution in [0.1, 0.15) is 45.0 Å². The molecule has 0 unspecified atom stereocenters. The Hall–Kier alpha value is -2.11. The summed E-state index contributed by atoms with van der Waals surface area (Å²) in [5, 5.41) is 2.51. The van der Waals surface area contributed by atoms with Crippen LogP contribution in [0.15, 0.2) is 18.2 Å². The van der Waals surface area contributed by atoms with E-state index in [1.54, 1.807) is 6.07 Å². The van der Waals surface area contributed by atoms with E-state index < -0.39 is 18.1 Å². The second-order valence-corrected chi connectivity index (χ2v) is 5.67. The van der Waals surface area contributed by atoms with Gasteiger partial charge in [-0.15, -0.1) is 0 Å². The number of aromatic nitrogens is 1. The van der Waals surface area contributed by atoms with Gasteiger partial charge in [0.1, 0.15) is 12.6 Å². The van der Waals surface area contributed by atoms with Crippen molar-refractivity contribution in [3.8, 4) is 0 Å². The van der Waals surface area contributed by atoms with Crippen molar-refractivity contribution in [2.75, 3.05) is 7.11 Å². The summed E-state index contributed by atoms with van der Waals surface area (Å²) in [6.45, 7) is 7.77. The van der Waals surface area contributed by atoms with Crippen LogP contribution in [0.5, 0.6) is 0 Å². The van der Waals surface area contributed by atoms with Crippen LogP contribution in [0.25, 0.3) is 0 Å². The van der Waals surface area contributed by atoms with Crippen LogP contribution >= 0.6 is 0 Å². The van der Waals surface area contributed by atoms with Crippen LogP contribution in [0.2, 0.25) is 0 Å². The zero-order valence-electron chi connectivity index (χ0n) is 13.8. The number of nitrogens with zero attached hydrogens (tertiary/aromatic N) is 1. The summed E-state index contributed by atoms with van der Waals surface area (Å²) in [5.74, 6) is -0.285. The highest BCUT2D eigenvalue weighted by molar-refractivity contribution is 5.81. The number of carbonyl (C=O) groups is 2. The zero-order valence-corrected chi connectivity index (χ0v) is 13.8. The van der Waals surface area contributed by atoms with Crippen molar-refractivity contribution >= 4 is 12.1 Å². The number of amides is 1. The van der Waals surface area contributed by atoms with Crippen LogP contribution in [-0.2, 0) is 20.9 Å². The molecule has 0 saturated carbocycles. The Morgan fingerprint density at radius 2 is 1.91 bits per heavy atom. The fourth-order valence-electron chi connectivity index (χ4n) is 1.83. The zero-order chi connectivity index (χ0) is 16.7. The third kappa shape index (κ3) is 5.35. The Bertz CT molecular complexity index is 515. The molecule has 6 nitrogen and oxygen atoms in total. The normalized spacial score (nSPS) is 12.1. The van der Waals surface area contributed by atoms with Crippen LogP contribution < -0.4 is 5.32 Å². The van der Waals surface area contributed by atoms with Gasteiger partial charge in [-0.2, -0.15) is 0 Å². The molecule has 0 spiro atoms. The third-order valence-corrected chi connectivity index (χ3v) is 3.17. The van der Waals surface area contributed by atoms with E-state index in [0.717, 1.165) is 5.69 Å². The van der Waals surface area contributed by atoms with Crippen molar-refractivity contribution in [1.29, 1.82) is 0 Å². The van der Waals surface area contributed by atoms with Gasteiger partial charge in [-0.05, 0) is 24.0 Å². The van der Waals surface area contributed by atoms with Gasteiger partial charge in [-0.3, -0.25) is 4.98 Å². The topological polar surface area (TPSA) is 77.5 Å². The van der Waals surface area contributed by atoms with Gasteiger partial charge < -0.3 is 14.8 Å². The number of methoxy groups -OCH3 is 1. The molecule has 0 aliphatic rings. The molecule has 1 amide bonds. The lowest BCUT2D eigenvalue weighted by Gasteiger charge is -2.19. The van der Waals surface area contributed by atoms with Crippen LogP contribution in [-0.4, -0.2) is 30.2 Å². The maximum atomic E-state index is 11.8. The SMILES string of the molecule is COC(=O)[C@@H](NC(=O)OCc1cccc(C(C)C)n1)C(C)C. The number of hydrogen-bond donors (Lipinski definition) is 1. The molecule has 122 valence electrons. The van der Waals surface area contributed by atoms with E-state index in [4.69, 9.17) is 4.74 Å². The number of rotatable bonds is 6. The summed E-state index contributed by atoms with van der Waals surface area (Å²) in [6.07, 6.45) is -0.666. The highest BCUT2D eigenvalue weighted by Gasteiger charge is 2.25. The summed E-state index contributed by atoms with van der Waals surface area (Å²) in [5.41, 5.74) is 1.61. The quantitative estimate of drug-likeness (QED) is 0.817. The first-order valence-corrected chi connectivity index (χ1v) is 7.32. The highest BCUT2D eigenvalue weighted by Crippen LogP contribution is 2.12. The van der Waals surface area contributed by atoms with Gasteiger partial charge in [-0.1, -0.05) is 33.8 Å². The van der Waals surface area contributed by atoms with E-state index in [-0.39, 0.29) is 12.5 Å². The molecule has 0 aliphatic carbocycles. The minimum atomic E-state index is -0.729. The van der Waals surface area contributed by atoms with Crippen molar-refractivity contribution in [1.82, 2.24) is 10.3 Å². The lowest BCUT2D eigenvalue weighted by molar-refractivity contribution is -0.144. The first kappa shape index (κ1) is 17.9. The van der Waals surface area contributed by atoms with Crippen LogP contribution in [0, 0.1) is 5.92 Å². The predicted octanol–water partition coefficient (Wildman–Crippen LogP) is 2.63. The van der Waals surface area contributed by atoms with Crippen molar-refractivity contribution in [3.05, 3.63) is 29.6 Å². The summed E-state index contributed by atoms with van der Waals surface area (Å²) in [6, 6.07) is 4.87. The monoisotopic (exact) mass is 308 g/mol. The molecule has 0 fully saturated rings. The van der Waals surface area contributed by atoms with Gasteiger partial charge in [0.25, 0.3) is 0 Å². The Morgan fingerprint density at radius 1 is 1.23 bits per heavy atom. The average molecular weight is 308 g/mol. The number of alkyl carbamates (subject to hydrolysis) is 1. The van der Waals surface area contributed by atoms with Crippen molar-refractivity contribution in [2.45, 2.75) is 46.3 Å². The first-order chi connectivity index (χ1) is 10.3. The molecule has 22 heavy (non-hydrogen) atoms. The number of ether oxygens (including phenoxy) is 2. The summed E-state index contributed by atoms with van der Waals surface area (Å²) < 4.78 is 9.78. The smallest absolute Gasteiger partial charge is 0.408 e. The van der Waals surface area contributed by atoms with E-state index in [1.807, 2.05) is 39.8 Å². The molecule has 6 heteroatoms. The maximum Gasteiger partial charge on any atom is 0.408 e. The van der Waals surface area contributed by atoms with Gasteiger partial charge in [0, 0.05) is 5.69 Å². The van der Waals surface area contributed by atoms with Gasteiger partial charge in [0.15, 0.2) is 0 Å². The Balaban J connectivity index is 2.58. The van der Waals surface area contributed by atoms with Crippen molar-refractivity contribution in [2.24, 2.45) is 5.92 Å². The van der Waals surface area contributed by atoms with Crippen LogP contribution in [0.4, 0.5) is 4.79 Å². The molecule has 0 bridgehead atoms. The first-order valence-electron chi connectivity index (χ1n) is 7.32. The lowest BCUT2D eigenvalue weighted by atomic mass is 10.1. The van der Waals surface area contributed by atoms with E-state index in [9.17, 15) is 9.59 Å². The molecule has 1 heterocycles. The Kier molecular flexibility index (Phi) is 6.82. The molecule has 1 aromatic heterocycles. The maximum absolute atomic E-state index is 11.8. The molecule has 1 N–H and O–H groups in total. The summed E-state index contributed by atoms with van der Waals surface area (Å²) in [7, 11) is 1.28. The van der Waals surface area contributed by atoms with E-state index in [2.05, 4.69) is 15.0 Å².